The molecule has 0 bridgehead atoms. The number of sulfonamides is 1. The molecule has 3 rings (SSSR count). The van der Waals surface area contributed by atoms with Crippen LogP contribution in [-0.2, 0) is 21.4 Å². The summed E-state index contributed by atoms with van der Waals surface area (Å²) < 4.78 is 57.2. The fraction of sp³-hybridized carbons (Fsp3) is 0.409. The van der Waals surface area contributed by atoms with Crippen LogP contribution in [0.5, 0.6) is 11.5 Å². The molecule has 0 N–H and O–H groups in total. The maximum Gasteiger partial charge on any atom is 0.338 e. The summed E-state index contributed by atoms with van der Waals surface area (Å²) in [6.45, 7) is 2.06. The average Bonchev–Trinajstić information content (AvgIpc) is 2.77. The molecule has 9 heteroatoms. The lowest BCUT2D eigenvalue weighted by atomic mass is 10.1. The van der Waals surface area contributed by atoms with Gasteiger partial charge >= 0.3 is 5.97 Å². The van der Waals surface area contributed by atoms with E-state index in [4.69, 9.17) is 14.2 Å². The molecular formula is C22H26FNO6S. The minimum Gasteiger partial charge on any atom is -0.496 e. The second kappa shape index (κ2) is 9.65. The van der Waals surface area contributed by atoms with Crippen LogP contribution in [0.1, 0.15) is 42.1 Å². The topological polar surface area (TPSA) is 82.1 Å². The van der Waals surface area contributed by atoms with E-state index < -0.39 is 21.8 Å². The summed E-state index contributed by atoms with van der Waals surface area (Å²) in [5.41, 5.74) is 0.416. The molecule has 0 spiro atoms. The van der Waals surface area contributed by atoms with Crippen molar-refractivity contribution >= 4 is 16.0 Å². The number of halogens is 1. The number of esters is 1. The lowest BCUT2D eigenvalue weighted by Gasteiger charge is -2.32. The third-order valence-electron chi connectivity index (χ3n) is 5.33. The first kappa shape index (κ1) is 23.0. The first-order chi connectivity index (χ1) is 14.8. The molecule has 2 aromatic carbocycles. The average molecular weight is 452 g/mol. The zero-order valence-corrected chi connectivity index (χ0v) is 18.6. The van der Waals surface area contributed by atoms with Crippen molar-refractivity contribution in [3.63, 3.8) is 0 Å². The van der Waals surface area contributed by atoms with E-state index in [1.807, 2.05) is 6.92 Å². The highest BCUT2D eigenvalue weighted by Gasteiger charge is 2.33. The second-order valence-electron chi connectivity index (χ2n) is 7.36. The van der Waals surface area contributed by atoms with Gasteiger partial charge in [-0.15, -0.1) is 0 Å². The fourth-order valence-corrected chi connectivity index (χ4v) is 5.53. The molecule has 1 aliphatic rings. The molecule has 0 aromatic heterocycles. The monoisotopic (exact) mass is 451 g/mol. The number of hydrogen-bond acceptors (Lipinski definition) is 6. The Morgan fingerprint density at radius 1 is 1.10 bits per heavy atom. The lowest BCUT2D eigenvalue weighted by molar-refractivity contribution is 0.0469. The van der Waals surface area contributed by atoms with Crippen molar-refractivity contribution in [2.24, 2.45) is 0 Å². The molecule has 1 unspecified atom stereocenters. The third-order valence-corrected chi connectivity index (χ3v) is 7.36. The van der Waals surface area contributed by atoms with Crippen LogP contribution in [0.3, 0.4) is 0 Å². The van der Waals surface area contributed by atoms with Gasteiger partial charge < -0.3 is 14.2 Å². The van der Waals surface area contributed by atoms with Crippen LogP contribution >= 0.6 is 0 Å². The Hall–Kier alpha value is -2.65. The molecule has 1 heterocycles. The predicted molar refractivity (Wildman–Crippen MR) is 112 cm³/mol. The Bertz CT molecular complexity index is 1060. The number of hydrogen-bond donors (Lipinski definition) is 0. The van der Waals surface area contributed by atoms with E-state index in [2.05, 4.69) is 0 Å². The van der Waals surface area contributed by atoms with Gasteiger partial charge in [0.05, 0.1) is 19.8 Å². The summed E-state index contributed by atoms with van der Waals surface area (Å²) in [4.78, 5) is 12.5. The van der Waals surface area contributed by atoms with Crippen LogP contribution < -0.4 is 9.47 Å². The van der Waals surface area contributed by atoms with Crippen LogP contribution in [0.15, 0.2) is 41.3 Å². The maximum atomic E-state index is 13.5. The second-order valence-corrected chi connectivity index (χ2v) is 9.22. The first-order valence-electron chi connectivity index (χ1n) is 9.97. The molecular weight excluding hydrogens is 425 g/mol. The molecule has 7 nitrogen and oxygen atoms in total. The minimum absolute atomic E-state index is 0.0550. The van der Waals surface area contributed by atoms with Crippen LogP contribution in [-0.4, -0.2) is 45.5 Å². The van der Waals surface area contributed by atoms with E-state index in [9.17, 15) is 17.6 Å². The van der Waals surface area contributed by atoms with E-state index in [0.29, 0.717) is 17.9 Å². The van der Waals surface area contributed by atoms with Crippen molar-refractivity contribution in [2.45, 2.75) is 43.7 Å². The van der Waals surface area contributed by atoms with E-state index >= 15 is 0 Å². The highest BCUT2D eigenvalue weighted by molar-refractivity contribution is 7.89. The molecule has 0 aliphatic carbocycles. The molecule has 31 heavy (non-hydrogen) atoms. The standard InChI is InChI=1S/C22H26FNO6S/c1-15-6-4-5-11-24(15)31(26,27)21-13-16(7-9-20(21)29-3)22(25)30-14-17-12-18(23)8-10-19(17)28-2/h7-10,12-13,15H,4-6,11,14H2,1-3H3. The number of carbonyl (C=O) groups is 1. The highest BCUT2D eigenvalue weighted by Crippen LogP contribution is 2.32. The van der Waals surface area contributed by atoms with Gasteiger partial charge in [0.15, 0.2) is 0 Å². The van der Waals surface area contributed by atoms with Gasteiger partial charge in [-0.05, 0) is 56.2 Å². The molecule has 1 aliphatic heterocycles. The minimum atomic E-state index is -3.86. The van der Waals surface area contributed by atoms with Crippen LogP contribution in [0, 0.1) is 5.82 Å². The quantitative estimate of drug-likeness (QED) is 0.596. The van der Waals surface area contributed by atoms with Crippen LogP contribution in [0.25, 0.3) is 0 Å². The lowest BCUT2D eigenvalue weighted by Crippen LogP contribution is -2.42. The number of nitrogens with zero attached hydrogens (tertiary/aromatic N) is 1. The van der Waals surface area contributed by atoms with Crippen molar-refractivity contribution in [1.29, 1.82) is 0 Å². The van der Waals surface area contributed by atoms with Crippen molar-refractivity contribution in [3.05, 3.63) is 53.3 Å². The Kier molecular flexibility index (Phi) is 7.17. The van der Waals surface area contributed by atoms with Gasteiger partial charge in [-0.2, -0.15) is 4.31 Å². The van der Waals surface area contributed by atoms with E-state index in [0.717, 1.165) is 19.3 Å². The summed E-state index contributed by atoms with van der Waals surface area (Å²) in [6, 6.07) is 7.89. The number of carbonyl (C=O) groups excluding carboxylic acids is 1. The summed E-state index contributed by atoms with van der Waals surface area (Å²) in [7, 11) is -1.05. The van der Waals surface area contributed by atoms with Crippen molar-refractivity contribution < 1.29 is 31.8 Å². The SMILES string of the molecule is COc1ccc(F)cc1COC(=O)c1ccc(OC)c(S(=O)(=O)N2CCCCC2C)c1. The third kappa shape index (κ3) is 4.99. The molecule has 0 radical (unpaired) electrons. The zero-order valence-electron chi connectivity index (χ0n) is 17.8. The summed E-state index contributed by atoms with van der Waals surface area (Å²) in [5, 5.41) is 0. The number of rotatable bonds is 7. The first-order valence-corrected chi connectivity index (χ1v) is 11.4. The van der Waals surface area contributed by atoms with E-state index in [-0.39, 0.29) is 28.9 Å². The van der Waals surface area contributed by atoms with Crippen LogP contribution in [0.2, 0.25) is 0 Å². The van der Waals surface area contributed by atoms with Gasteiger partial charge in [0.2, 0.25) is 10.0 Å². The van der Waals surface area contributed by atoms with Gasteiger partial charge in [-0.3, -0.25) is 0 Å². The highest BCUT2D eigenvalue weighted by atomic mass is 32.2. The Morgan fingerprint density at radius 2 is 1.81 bits per heavy atom. The predicted octanol–water partition coefficient (Wildman–Crippen LogP) is 3.76. The van der Waals surface area contributed by atoms with Crippen molar-refractivity contribution in [1.82, 2.24) is 4.31 Å². The van der Waals surface area contributed by atoms with E-state index in [1.165, 1.54) is 54.9 Å². The number of methoxy groups -OCH3 is 2. The van der Waals surface area contributed by atoms with Crippen molar-refractivity contribution in [2.75, 3.05) is 20.8 Å². The Balaban J connectivity index is 1.86. The molecule has 168 valence electrons. The van der Waals surface area contributed by atoms with Gasteiger partial charge in [-0.1, -0.05) is 6.42 Å². The molecule has 1 saturated heterocycles. The smallest absolute Gasteiger partial charge is 0.338 e. The van der Waals surface area contributed by atoms with Crippen molar-refractivity contribution in [3.8, 4) is 11.5 Å². The Labute approximate surface area is 181 Å². The molecule has 1 fully saturated rings. The largest absolute Gasteiger partial charge is 0.496 e. The van der Waals surface area contributed by atoms with Gasteiger partial charge in [0.1, 0.15) is 28.8 Å². The summed E-state index contributed by atoms with van der Waals surface area (Å²) in [6.07, 6.45) is 2.53. The Morgan fingerprint density at radius 3 is 2.48 bits per heavy atom. The maximum absolute atomic E-state index is 13.5. The number of ether oxygens (including phenoxy) is 3. The van der Waals surface area contributed by atoms with Crippen LogP contribution in [0.4, 0.5) is 4.39 Å². The normalized spacial score (nSPS) is 17.2. The number of piperidine rings is 1. The fourth-order valence-electron chi connectivity index (χ4n) is 3.65. The number of benzene rings is 2. The van der Waals surface area contributed by atoms with Gasteiger partial charge in [0.25, 0.3) is 0 Å². The molecule has 0 amide bonds. The molecule has 0 saturated carbocycles. The van der Waals surface area contributed by atoms with E-state index in [1.54, 1.807) is 0 Å². The van der Waals surface area contributed by atoms with Gasteiger partial charge in [0, 0.05) is 18.2 Å². The molecule has 1 atom stereocenters. The van der Waals surface area contributed by atoms with Gasteiger partial charge in [-0.25, -0.2) is 17.6 Å². The summed E-state index contributed by atoms with van der Waals surface area (Å²) >= 11 is 0. The summed E-state index contributed by atoms with van der Waals surface area (Å²) in [5.74, 6) is -0.690. The molecule has 2 aromatic rings. The zero-order chi connectivity index (χ0) is 22.6.